The average Bonchev–Trinajstić information content (AvgIpc) is 2.76. The lowest BCUT2D eigenvalue weighted by atomic mass is 10.3. The zero-order chi connectivity index (χ0) is 8.39. The SMILES string of the molecule is Cc1cc(CNCC2CC2)n[nH]1. The largest absolute Gasteiger partial charge is 0.311 e. The molecule has 0 spiro atoms. The van der Waals surface area contributed by atoms with E-state index in [0.717, 1.165) is 30.4 Å². The third-order valence-corrected chi connectivity index (χ3v) is 2.20. The molecule has 0 radical (unpaired) electrons. The normalized spacial score (nSPS) is 16.8. The van der Waals surface area contributed by atoms with Crippen LogP contribution in [0.2, 0.25) is 0 Å². The van der Waals surface area contributed by atoms with Crippen LogP contribution < -0.4 is 5.32 Å². The van der Waals surface area contributed by atoms with Gasteiger partial charge in [0, 0.05) is 12.2 Å². The molecule has 1 saturated carbocycles. The minimum absolute atomic E-state index is 0.904. The number of hydrogen-bond acceptors (Lipinski definition) is 2. The Labute approximate surface area is 72.6 Å². The van der Waals surface area contributed by atoms with Crippen molar-refractivity contribution in [3.63, 3.8) is 0 Å². The van der Waals surface area contributed by atoms with Crippen molar-refractivity contribution < 1.29 is 0 Å². The zero-order valence-corrected chi connectivity index (χ0v) is 7.43. The Hall–Kier alpha value is -0.830. The lowest BCUT2D eigenvalue weighted by molar-refractivity contribution is 0.629. The van der Waals surface area contributed by atoms with Gasteiger partial charge in [0.2, 0.25) is 0 Å². The molecule has 66 valence electrons. The van der Waals surface area contributed by atoms with Gasteiger partial charge in [0.15, 0.2) is 0 Å². The molecule has 1 heterocycles. The number of aromatic nitrogens is 2. The monoisotopic (exact) mass is 165 g/mol. The summed E-state index contributed by atoms with van der Waals surface area (Å²) in [5.41, 5.74) is 2.26. The van der Waals surface area contributed by atoms with Crippen molar-refractivity contribution >= 4 is 0 Å². The van der Waals surface area contributed by atoms with Crippen LogP contribution in [0.4, 0.5) is 0 Å². The fourth-order valence-electron chi connectivity index (χ4n) is 1.29. The van der Waals surface area contributed by atoms with Crippen molar-refractivity contribution in [1.29, 1.82) is 0 Å². The fourth-order valence-corrected chi connectivity index (χ4v) is 1.29. The third-order valence-electron chi connectivity index (χ3n) is 2.20. The van der Waals surface area contributed by atoms with Crippen LogP contribution in [0.1, 0.15) is 24.2 Å². The third kappa shape index (κ3) is 2.08. The Bertz CT molecular complexity index is 250. The molecule has 0 saturated heterocycles. The first-order valence-corrected chi connectivity index (χ1v) is 4.56. The average molecular weight is 165 g/mol. The second-order valence-corrected chi connectivity index (χ2v) is 3.62. The minimum atomic E-state index is 0.904. The van der Waals surface area contributed by atoms with E-state index >= 15 is 0 Å². The van der Waals surface area contributed by atoms with Gasteiger partial charge in [0.25, 0.3) is 0 Å². The van der Waals surface area contributed by atoms with Gasteiger partial charge in [-0.1, -0.05) is 0 Å². The van der Waals surface area contributed by atoms with Crippen LogP contribution in [-0.2, 0) is 6.54 Å². The van der Waals surface area contributed by atoms with E-state index in [1.165, 1.54) is 12.8 Å². The van der Waals surface area contributed by atoms with Crippen LogP contribution in [0, 0.1) is 12.8 Å². The topological polar surface area (TPSA) is 40.7 Å². The smallest absolute Gasteiger partial charge is 0.0762 e. The van der Waals surface area contributed by atoms with Crippen LogP contribution in [0.15, 0.2) is 6.07 Å². The van der Waals surface area contributed by atoms with Gasteiger partial charge >= 0.3 is 0 Å². The van der Waals surface area contributed by atoms with Crippen LogP contribution in [0.25, 0.3) is 0 Å². The van der Waals surface area contributed by atoms with E-state index in [1.54, 1.807) is 0 Å². The van der Waals surface area contributed by atoms with Crippen LogP contribution >= 0.6 is 0 Å². The number of H-pyrrole nitrogens is 1. The highest BCUT2D eigenvalue weighted by Crippen LogP contribution is 2.27. The zero-order valence-electron chi connectivity index (χ0n) is 7.43. The van der Waals surface area contributed by atoms with E-state index in [4.69, 9.17) is 0 Å². The summed E-state index contributed by atoms with van der Waals surface area (Å²) in [5, 5.41) is 10.5. The van der Waals surface area contributed by atoms with E-state index in [0.29, 0.717) is 0 Å². The summed E-state index contributed by atoms with van der Waals surface area (Å²) in [6.07, 6.45) is 2.82. The van der Waals surface area contributed by atoms with Gasteiger partial charge in [-0.15, -0.1) is 0 Å². The summed E-state index contributed by atoms with van der Waals surface area (Å²) in [6.45, 7) is 4.09. The number of aromatic amines is 1. The molecular formula is C9H15N3. The summed E-state index contributed by atoms with van der Waals surface area (Å²) in [6, 6.07) is 2.08. The highest BCUT2D eigenvalue weighted by atomic mass is 15.1. The Morgan fingerprint density at radius 3 is 3.08 bits per heavy atom. The van der Waals surface area contributed by atoms with Gasteiger partial charge in [-0.3, -0.25) is 5.10 Å². The Morgan fingerprint density at radius 2 is 2.50 bits per heavy atom. The van der Waals surface area contributed by atoms with Crippen molar-refractivity contribution in [3.05, 3.63) is 17.5 Å². The molecule has 0 bridgehead atoms. The number of nitrogens with zero attached hydrogens (tertiary/aromatic N) is 1. The van der Waals surface area contributed by atoms with Gasteiger partial charge in [0.1, 0.15) is 0 Å². The highest BCUT2D eigenvalue weighted by Gasteiger charge is 2.20. The molecule has 3 nitrogen and oxygen atoms in total. The molecule has 1 aliphatic carbocycles. The van der Waals surface area contributed by atoms with Gasteiger partial charge < -0.3 is 5.32 Å². The van der Waals surface area contributed by atoms with Crippen molar-refractivity contribution in [1.82, 2.24) is 15.5 Å². The molecule has 0 unspecified atom stereocenters. The van der Waals surface area contributed by atoms with E-state index in [9.17, 15) is 0 Å². The van der Waals surface area contributed by atoms with E-state index in [1.807, 2.05) is 6.92 Å². The molecule has 1 fully saturated rings. The summed E-state index contributed by atoms with van der Waals surface area (Å²) in [4.78, 5) is 0. The number of hydrogen-bond donors (Lipinski definition) is 2. The molecule has 3 heteroatoms. The van der Waals surface area contributed by atoms with Crippen LogP contribution in [0.5, 0.6) is 0 Å². The van der Waals surface area contributed by atoms with Gasteiger partial charge in [-0.05, 0) is 38.3 Å². The molecule has 1 aliphatic rings. The summed E-state index contributed by atoms with van der Waals surface area (Å²) < 4.78 is 0. The first-order valence-electron chi connectivity index (χ1n) is 4.56. The quantitative estimate of drug-likeness (QED) is 0.704. The van der Waals surface area contributed by atoms with Crippen LogP contribution in [0.3, 0.4) is 0 Å². The summed E-state index contributed by atoms with van der Waals surface area (Å²) >= 11 is 0. The Kier molecular flexibility index (Phi) is 2.13. The maximum absolute atomic E-state index is 4.15. The number of nitrogens with one attached hydrogen (secondary N) is 2. The Balaban J connectivity index is 1.71. The Morgan fingerprint density at radius 1 is 1.67 bits per heavy atom. The second-order valence-electron chi connectivity index (χ2n) is 3.62. The second kappa shape index (κ2) is 3.27. The molecule has 0 aromatic carbocycles. The predicted octanol–water partition coefficient (Wildman–Crippen LogP) is 1.22. The maximum atomic E-state index is 4.15. The van der Waals surface area contributed by atoms with E-state index in [-0.39, 0.29) is 0 Å². The number of aryl methyl sites for hydroxylation is 1. The van der Waals surface area contributed by atoms with Crippen molar-refractivity contribution in [2.45, 2.75) is 26.3 Å². The molecule has 1 aromatic rings. The summed E-state index contributed by atoms with van der Waals surface area (Å²) in [7, 11) is 0. The number of rotatable bonds is 4. The van der Waals surface area contributed by atoms with Crippen molar-refractivity contribution in [3.8, 4) is 0 Å². The van der Waals surface area contributed by atoms with Crippen LogP contribution in [-0.4, -0.2) is 16.7 Å². The predicted molar refractivity (Wildman–Crippen MR) is 47.8 cm³/mol. The first-order chi connectivity index (χ1) is 5.84. The van der Waals surface area contributed by atoms with E-state index in [2.05, 4.69) is 21.6 Å². The lowest BCUT2D eigenvalue weighted by Crippen LogP contribution is -2.16. The molecule has 0 atom stereocenters. The first kappa shape index (κ1) is 7.80. The highest BCUT2D eigenvalue weighted by molar-refractivity contribution is 5.06. The molecule has 1 aromatic heterocycles. The molecule has 2 N–H and O–H groups in total. The van der Waals surface area contributed by atoms with Crippen molar-refractivity contribution in [2.75, 3.05) is 6.54 Å². The molecule has 2 rings (SSSR count). The summed E-state index contributed by atoms with van der Waals surface area (Å²) in [5.74, 6) is 0.949. The molecule has 0 amide bonds. The van der Waals surface area contributed by atoms with Gasteiger partial charge in [-0.2, -0.15) is 5.10 Å². The standard InChI is InChI=1S/C9H15N3/c1-7-4-9(12-11-7)6-10-5-8-2-3-8/h4,8,10H,2-3,5-6H2,1H3,(H,11,12). The molecular weight excluding hydrogens is 150 g/mol. The van der Waals surface area contributed by atoms with E-state index < -0.39 is 0 Å². The van der Waals surface area contributed by atoms with Gasteiger partial charge in [0.05, 0.1) is 5.69 Å². The minimum Gasteiger partial charge on any atom is -0.311 e. The van der Waals surface area contributed by atoms with Crippen molar-refractivity contribution in [2.24, 2.45) is 5.92 Å². The molecule has 0 aliphatic heterocycles. The lowest BCUT2D eigenvalue weighted by Gasteiger charge is -1.98. The molecule has 12 heavy (non-hydrogen) atoms. The van der Waals surface area contributed by atoms with Gasteiger partial charge in [-0.25, -0.2) is 0 Å². The fraction of sp³-hybridized carbons (Fsp3) is 0.667. The maximum Gasteiger partial charge on any atom is 0.0762 e.